The van der Waals surface area contributed by atoms with Gasteiger partial charge in [-0.25, -0.2) is 4.39 Å². The van der Waals surface area contributed by atoms with E-state index in [1.54, 1.807) is 12.1 Å². The lowest BCUT2D eigenvalue weighted by atomic mass is 10.0. The van der Waals surface area contributed by atoms with Crippen LogP contribution in [0.2, 0.25) is 0 Å². The smallest absolute Gasteiger partial charge is 0.153 e. The Morgan fingerprint density at radius 1 is 1.14 bits per heavy atom. The van der Waals surface area contributed by atoms with Gasteiger partial charge in [-0.1, -0.05) is 28.1 Å². The summed E-state index contributed by atoms with van der Waals surface area (Å²) in [5.74, 6) is 0.111. The molecule has 0 spiro atoms. The quantitative estimate of drug-likeness (QED) is 0.541. The molecule has 21 heavy (non-hydrogen) atoms. The Balaban J connectivity index is 2.21. The van der Waals surface area contributed by atoms with E-state index in [1.807, 2.05) is 18.2 Å². The molecule has 0 aliphatic heterocycles. The zero-order chi connectivity index (χ0) is 15.0. The lowest BCUT2D eigenvalue weighted by molar-refractivity contribution is 0.628. The highest BCUT2D eigenvalue weighted by Crippen LogP contribution is 2.38. The molecule has 6 heteroatoms. The molecule has 0 saturated heterocycles. The second-order valence-electron chi connectivity index (χ2n) is 4.49. The van der Waals surface area contributed by atoms with Gasteiger partial charge in [0.15, 0.2) is 5.82 Å². The number of hydrogen-bond acceptors (Lipinski definition) is 2. The standard InChI is InChI=1S/C15H10BrFIN3/c16-12-6-5-10(18)7-11(12)14-13(15(19)21-20-14)8-1-3-9(17)4-2-8/h1-7H,(H3,19,20,21). The van der Waals surface area contributed by atoms with Gasteiger partial charge in [0.05, 0.1) is 11.3 Å². The fourth-order valence-electron chi connectivity index (χ4n) is 2.15. The van der Waals surface area contributed by atoms with Crippen molar-refractivity contribution in [3.05, 3.63) is 56.3 Å². The number of nitrogens with one attached hydrogen (secondary N) is 1. The normalized spacial score (nSPS) is 10.8. The molecule has 0 fully saturated rings. The van der Waals surface area contributed by atoms with Gasteiger partial charge < -0.3 is 5.73 Å². The van der Waals surface area contributed by atoms with E-state index in [2.05, 4.69) is 48.7 Å². The molecular weight excluding hydrogens is 448 g/mol. The maximum atomic E-state index is 13.1. The first-order valence-corrected chi connectivity index (χ1v) is 7.98. The van der Waals surface area contributed by atoms with Gasteiger partial charge >= 0.3 is 0 Å². The van der Waals surface area contributed by atoms with Crippen molar-refractivity contribution in [2.45, 2.75) is 0 Å². The molecule has 0 bridgehead atoms. The van der Waals surface area contributed by atoms with E-state index in [1.165, 1.54) is 12.1 Å². The van der Waals surface area contributed by atoms with E-state index in [0.717, 1.165) is 30.4 Å². The molecule has 1 aromatic heterocycles. The van der Waals surface area contributed by atoms with Gasteiger partial charge in [-0.15, -0.1) is 0 Å². The van der Waals surface area contributed by atoms with E-state index in [-0.39, 0.29) is 5.82 Å². The monoisotopic (exact) mass is 457 g/mol. The summed E-state index contributed by atoms with van der Waals surface area (Å²) >= 11 is 5.79. The van der Waals surface area contributed by atoms with Crippen LogP contribution in [-0.4, -0.2) is 10.2 Å². The van der Waals surface area contributed by atoms with Crippen LogP contribution in [0.1, 0.15) is 0 Å². The topological polar surface area (TPSA) is 54.7 Å². The lowest BCUT2D eigenvalue weighted by Crippen LogP contribution is -1.90. The van der Waals surface area contributed by atoms with Gasteiger partial charge in [0.2, 0.25) is 0 Å². The minimum atomic E-state index is -0.280. The van der Waals surface area contributed by atoms with Crippen molar-refractivity contribution in [1.82, 2.24) is 10.2 Å². The van der Waals surface area contributed by atoms with Crippen LogP contribution in [-0.2, 0) is 0 Å². The molecule has 3 aromatic rings. The summed E-state index contributed by atoms with van der Waals surface area (Å²) in [5.41, 5.74) is 9.35. The van der Waals surface area contributed by atoms with E-state index >= 15 is 0 Å². The van der Waals surface area contributed by atoms with Crippen LogP contribution in [0.25, 0.3) is 22.4 Å². The molecule has 0 aliphatic carbocycles. The summed E-state index contributed by atoms with van der Waals surface area (Å²) in [6, 6.07) is 12.2. The second-order valence-corrected chi connectivity index (χ2v) is 6.59. The van der Waals surface area contributed by atoms with Crippen LogP contribution in [0.5, 0.6) is 0 Å². The SMILES string of the molecule is Nc1n[nH]c(-c2cc(I)ccc2Br)c1-c1ccc(F)cc1. The number of nitrogens with two attached hydrogens (primary N) is 1. The highest BCUT2D eigenvalue weighted by molar-refractivity contribution is 14.1. The summed E-state index contributed by atoms with van der Waals surface area (Å²) in [6.45, 7) is 0. The Kier molecular flexibility index (Phi) is 3.99. The van der Waals surface area contributed by atoms with E-state index in [0.29, 0.717) is 5.82 Å². The van der Waals surface area contributed by atoms with Crippen molar-refractivity contribution in [2.24, 2.45) is 0 Å². The van der Waals surface area contributed by atoms with Crippen molar-refractivity contribution in [3.8, 4) is 22.4 Å². The maximum absolute atomic E-state index is 13.1. The number of aromatic nitrogens is 2. The first kappa shape index (κ1) is 14.5. The fraction of sp³-hybridized carbons (Fsp3) is 0. The zero-order valence-corrected chi connectivity index (χ0v) is 14.4. The van der Waals surface area contributed by atoms with E-state index in [9.17, 15) is 4.39 Å². The van der Waals surface area contributed by atoms with Crippen molar-refractivity contribution >= 4 is 44.3 Å². The largest absolute Gasteiger partial charge is 0.382 e. The second kappa shape index (κ2) is 5.76. The molecule has 0 unspecified atom stereocenters. The third-order valence-electron chi connectivity index (χ3n) is 3.12. The molecule has 0 aliphatic rings. The Labute approximate surface area is 143 Å². The number of anilines is 1. The summed E-state index contributed by atoms with van der Waals surface area (Å²) in [5, 5.41) is 7.07. The van der Waals surface area contributed by atoms with Crippen LogP contribution in [0, 0.1) is 9.39 Å². The molecule has 0 radical (unpaired) electrons. The molecule has 3 rings (SSSR count). The molecule has 0 saturated carbocycles. The average molecular weight is 458 g/mol. The number of halogens is 3. The van der Waals surface area contributed by atoms with Crippen molar-refractivity contribution in [1.29, 1.82) is 0 Å². The summed E-state index contributed by atoms with van der Waals surface area (Å²) < 4.78 is 15.1. The average Bonchev–Trinajstić information content (AvgIpc) is 2.84. The fourth-order valence-corrected chi connectivity index (χ4v) is 3.08. The van der Waals surface area contributed by atoms with Gasteiger partial charge in [0.25, 0.3) is 0 Å². The molecule has 1 heterocycles. The Morgan fingerprint density at radius 2 is 1.86 bits per heavy atom. The first-order valence-electron chi connectivity index (χ1n) is 6.11. The van der Waals surface area contributed by atoms with Crippen LogP contribution in [0.3, 0.4) is 0 Å². The number of benzene rings is 2. The third-order valence-corrected chi connectivity index (χ3v) is 4.49. The van der Waals surface area contributed by atoms with E-state index in [4.69, 9.17) is 5.73 Å². The van der Waals surface area contributed by atoms with E-state index < -0.39 is 0 Å². The van der Waals surface area contributed by atoms with Gasteiger partial charge in [0.1, 0.15) is 5.82 Å². The predicted molar refractivity (Wildman–Crippen MR) is 94.2 cm³/mol. The van der Waals surface area contributed by atoms with Crippen LogP contribution >= 0.6 is 38.5 Å². The molecule has 3 N–H and O–H groups in total. The van der Waals surface area contributed by atoms with Crippen LogP contribution in [0.15, 0.2) is 46.9 Å². The van der Waals surface area contributed by atoms with Gasteiger partial charge in [-0.05, 0) is 58.5 Å². The molecule has 3 nitrogen and oxygen atoms in total. The molecule has 2 aromatic carbocycles. The van der Waals surface area contributed by atoms with Gasteiger partial charge in [-0.3, -0.25) is 5.10 Å². The number of H-pyrrole nitrogens is 1. The third kappa shape index (κ3) is 2.82. The molecule has 0 atom stereocenters. The van der Waals surface area contributed by atoms with Crippen LogP contribution in [0.4, 0.5) is 10.2 Å². The molecule has 0 amide bonds. The molecule has 106 valence electrons. The number of nitrogens with zero attached hydrogens (tertiary/aromatic N) is 1. The predicted octanol–water partition coefficient (Wildman–Crippen LogP) is 4.83. The first-order chi connectivity index (χ1) is 10.1. The highest BCUT2D eigenvalue weighted by Gasteiger charge is 2.17. The number of nitrogen functional groups attached to an aromatic ring is 1. The van der Waals surface area contributed by atoms with Crippen molar-refractivity contribution in [2.75, 3.05) is 5.73 Å². The van der Waals surface area contributed by atoms with Gasteiger partial charge in [-0.2, -0.15) is 5.10 Å². The minimum absolute atomic E-state index is 0.280. The Hall–Kier alpha value is -1.41. The Morgan fingerprint density at radius 3 is 2.57 bits per heavy atom. The summed E-state index contributed by atoms with van der Waals surface area (Å²) in [7, 11) is 0. The van der Waals surface area contributed by atoms with Crippen molar-refractivity contribution < 1.29 is 4.39 Å². The Bertz CT molecular complexity index is 799. The highest BCUT2D eigenvalue weighted by atomic mass is 127. The number of hydrogen-bond donors (Lipinski definition) is 2. The maximum Gasteiger partial charge on any atom is 0.153 e. The van der Waals surface area contributed by atoms with Crippen LogP contribution < -0.4 is 5.73 Å². The summed E-state index contributed by atoms with van der Waals surface area (Å²) in [4.78, 5) is 0. The lowest BCUT2D eigenvalue weighted by Gasteiger charge is -2.07. The van der Waals surface area contributed by atoms with Gasteiger partial charge in [0, 0.05) is 13.6 Å². The number of rotatable bonds is 2. The van der Waals surface area contributed by atoms with Crippen molar-refractivity contribution in [3.63, 3.8) is 0 Å². The molecular formula is C15H10BrFIN3. The minimum Gasteiger partial charge on any atom is -0.382 e. The summed E-state index contributed by atoms with van der Waals surface area (Å²) in [6.07, 6.45) is 0. The number of aromatic amines is 1. The zero-order valence-electron chi connectivity index (χ0n) is 10.7.